The molecule has 0 aliphatic carbocycles. The van der Waals surface area contributed by atoms with Crippen molar-refractivity contribution in [2.24, 2.45) is 0 Å². The second-order valence-corrected chi connectivity index (χ2v) is 3.26. The minimum absolute atomic E-state index is 0.332. The van der Waals surface area contributed by atoms with E-state index in [0.29, 0.717) is 15.4 Å². The Morgan fingerprint density at radius 3 is 3.00 bits per heavy atom. The Balaban J connectivity index is 2.89. The van der Waals surface area contributed by atoms with Crippen LogP contribution in [0.15, 0.2) is 29.1 Å². The lowest BCUT2D eigenvalue weighted by atomic mass is 10.2. The maximum Gasteiger partial charge on any atom is 0.150 e. The molecule has 4 heteroatoms. The highest BCUT2D eigenvalue weighted by Crippen LogP contribution is 2.20. The second-order valence-electron chi connectivity index (χ2n) is 2.35. The van der Waals surface area contributed by atoms with Gasteiger partial charge in [0.05, 0.1) is 0 Å². The summed E-state index contributed by atoms with van der Waals surface area (Å²) in [7, 11) is 0. The Kier molecular flexibility index (Phi) is 1.77. The molecule has 2 nitrogen and oxygen atoms in total. The normalized spacial score (nSPS) is 10.5. The predicted octanol–water partition coefficient (Wildman–Crippen LogP) is 2.53. The van der Waals surface area contributed by atoms with Crippen molar-refractivity contribution in [2.75, 3.05) is 0 Å². The molecule has 2 rings (SSSR count). The molecular formula is C8H4BrFN2. The van der Waals surface area contributed by atoms with Crippen molar-refractivity contribution >= 4 is 26.8 Å². The maximum absolute atomic E-state index is 13.1. The molecule has 1 aromatic carbocycles. The highest BCUT2D eigenvalue weighted by Gasteiger charge is 2.02. The lowest BCUT2D eigenvalue weighted by Crippen LogP contribution is -1.85. The smallest absolute Gasteiger partial charge is 0.150 e. The summed E-state index contributed by atoms with van der Waals surface area (Å²) in [6.07, 6.45) is 2.91. The summed E-state index contributed by atoms with van der Waals surface area (Å²) in [5.41, 5.74) is 0.355. The van der Waals surface area contributed by atoms with Gasteiger partial charge in [0.15, 0.2) is 5.82 Å². The van der Waals surface area contributed by atoms with Crippen LogP contribution in [0.3, 0.4) is 0 Å². The van der Waals surface area contributed by atoms with Gasteiger partial charge in [0.1, 0.15) is 11.8 Å². The minimum atomic E-state index is -0.332. The number of benzene rings is 1. The Morgan fingerprint density at radius 2 is 2.17 bits per heavy atom. The molecule has 0 aliphatic heterocycles. The quantitative estimate of drug-likeness (QED) is 0.691. The summed E-state index contributed by atoms with van der Waals surface area (Å²) in [6, 6.07) is 3.16. The van der Waals surface area contributed by atoms with Gasteiger partial charge >= 0.3 is 0 Å². The summed E-state index contributed by atoms with van der Waals surface area (Å²) in [6.45, 7) is 0. The molecule has 0 saturated carbocycles. The highest BCUT2D eigenvalue weighted by atomic mass is 79.9. The summed E-state index contributed by atoms with van der Waals surface area (Å²) in [5, 5.41) is 0.698. The molecule has 1 aromatic heterocycles. The molecule has 0 N–H and O–H groups in total. The fourth-order valence-corrected chi connectivity index (χ4v) is 1.47. The van der Waals surface area contributed by atoms with E-state index < -0.39 is 0 Å². The SMILES string of the molecule is Fc1cc(Br)cc2cncnc12. The average Bonchev–Trinajstić information content (AvgIpc) is 2.04. The van der Waals surface area contributed by atoms with Crippen LogP contribution in [0, 0.1) is 5.82 Å². The van der Waals surface area contributed by atoms with Gasteiger partial charge in [-0.1, -0.05) is 15.9 Å². The molecule has 0 radical (unpaired) electrons. The van der Waals surface area contributed by atoms with Crippen molar-refractivity contribution < 1.29 is 4.39 Å². The number of halogens is 2. The summed E-state index contributed by atoms with van der Waals surface area (Å²) < 4.78 is 13.8. The van der Waals surface area contributed by atoms with Crippen LogP contribution >= 0.6 is 15.9 Å². The van der Waals surface area contributed by atoms with Gasteiger partial charge in [-0.2, -0.15) is 0 Å². The zero-order valence-corrected chi connectivity index (χ0v) is 7.55. The third kappa shape index (κ3) is 1.18. The van der Waals surface area contributed by atoms with E-state index in [1.807, 2.05) is 0 Å². The fraction of sp³-hybridized carbons (Fsp3) is 0. The Hall–Kier alpha value is -1.03. The summed E-state index contributed by atoms with van der Waals surface area (Å²) in [5.74, 6) is -0.332. The first-order valence-electron chi connectivity index (χ1n) is 3.32. The van der Waals surface area contributed by atoms with Gasteiger partial charge in [0.2, 0.25) is 0 Å². The van der Waals surface area contributed by atoms with E-state index >= 15 is 0 Å². The molecule has 0 bridgehead atoms. The van der Waals surface area contributed by atoms with Gasteiger partial charge in [-0.25, -0.2) is 14.4 Å². The van der Waals surface area contributed by atoms with E-state index in [0.717, 1.165) is 0 Å². The minimum Gasteiger partial charge on any atom is -0.244 e. The Bertz CT molecular complexity index is 430. The van der Waals surface area contributed by atoms with Gasteiger partial charge in [0, 0.05) is 16.1 Å². The van der Waals surface area contributed by atoms with Crippen LogP contribution in [0.4, 0.5) is 4.39 Å². The first kappa shape index (κ1) is 7.61. The molecule has 0 fully saturated rings. The molecule has 0 amide bonds. The van der Waals surface area contributed by atoms with Crippen molar-refractivity contribution in [3.05, 3.63) is 34.9 Å². The van der Waals surface area contributed by atoms with Gasteiger partial charge in [-0.3, -0.25) is 0 Å². The molecule has 0 atom stereocenters. The standard InChI is InChI=1S/C8H4BrFN2/c9-6-1-5-3-11-4-12-8(5)7(10)2-6/h1-4H. The molecule has 0 saturated heterocycles. The van der Waals surface area contributed by atoms with E-state index in [1.165, 1.54) is 12.4 Å². The first-order valence-corrected chi connectivity index (χ1v) is 4.11. The van der Waals surface area contributed by atoms with E-state index in [9.17, 15) is 4.39 Å². The molecular weight excluding hydrogens is 223 g/mol. The molecule has 12 heavy (non-hydrogen) atoms. The zero-order valence-electron chi connectivity index (χ0n) is 5.96. The average molecular weight is 227 g/mol. The van der Waals surface area contributed by atoms with Crippen LogP contribution < -0.4 is 0 Å². The van der Waals surface area contributed by atoms with Crippen LogP contribution in [0.5, 0.6) is 0 Å². The predicted molar refractivity (Wildman–Crippen MR) is 47.2 cm³/mol. The van der Waals surface area contributed by atoms with E-state index in [4.69, 9.17) is 0 Å². The number of hydrogen-bond acceptors (Lipinski definition) is 2. The van der Waals surface area contributed by atoms with Crippen molar-refractivity contribution in [1.82, 2.24) is 9.97 Å². The Morgan fingerprint density at radius 1 is 1.33 bits per heavy atom. The summed E-state index contributed by atoms with van der Waals surface area (Å²) >= 11 is 3.19. The van der Waals surface area contributed by atoms with E-state index in [1.54, 1.807) is 12.3 Å². The lowest BCUT2D eigenvalue weighted by Gasteiger charge is -1.97. The maximum atomic E-state index is 13.1. The van der Waals surface area contributed by atoms with Crippen molar-refractivity contribution in [3.8, 4) is 0 Å². The first-order chi connectivity index (χ1) is 5.77. The largest absolute Gasteiger partial charge is 0.244 e. The van der Waals surface area contributed by atoms with Gasteiger partial charge < -0.3 is 0 Å². The number of hydrogen-bond donors (Lipinski definition) is 0. The number of rotatable bonds is 0. The van der Waals surface area contributed by atoms with Crippen LogP contribution in [0.1, 0.15) is 0 Å². The molecule has 0 spiro atoms. The van der Waals surface area contributed by atoms with Crippen LogP contribution in [-0.4, -0.2) is 9.97 Å². The molecule has 60 valence electrons. The molecule has 0 aliphatic rings. The Labute approximate surface area is 76.6 Å². The van der Waals surface area contributed by atoms with Gasteiger partial charge in [0.25, 0.3) is 0 Å². The third-order valence-corrected chi connectivity index (χ3v) is 1.98. The van der Waals surface area contributed by atoms with E-state index in [2.05, 4.69) is 25.9 Å². The molecule has 0 unspecified atom stereocenters. The molecule has 1 heterocycles. The van der Waals surface area contributed by atoms with Gasteiger partial charge in [-0.15, -0.1) is 0 Å². The monoisotopic (exact) mass is 226 g/mol. The van der Waals surface area contributed by atoms with Crippen LogP contribution in [0.25, 0.3) is 10.9 Å². The van der Waals surface area contributed by atoms with Crippen molar-refractivity contribution in [2.45, 2.75) is 0 Å². The molecule has 2 aromatic rings. The van der Waals surface area contributed by atoms with Crippen molar-refractivity contribution in [1.29, 1.82) is 0 Å². The van der Waals surface area contributed by atoms with Crippen molar-refractivity contribution in [3.63, 3.8) is 0 Å². The van der Waals surface area contributed by atoms with E-state index in [-0.39, 0.29) is 5.82 Å². The van der Waals surface area contributed by atoms with Crippen LogP contribution in [-0.2, 0) is 0 Å². The topological polar surface area (TPSA) is 25.8 Å². The van der Waals surface area contributed by atoms with Gasteiger partial charge in [-0.05, 0) is 12.1 Å². The number of aromatic nitrogens is 2. The second kappa shape index (κ2) is 2.79. The number of nitrogens with zero attached hydrogens (tertiary/aromatic N) is 2. The third-order valence-electron chi connectivity index (χ3n) is 1.52. The number of fused-ring (bicyclic) bond motifs is 1. The zero-order chi connectivity index (χ0) is 8.55. The highest BCUT2D eigenvalue weighted by molar-refractivity contribution is 9.10. The fourth-order valence-electron chi connectivity index (χ4n) is 1.03. The summed E-state index contributed by atoms with van der Waals surface area (Å²) in [4.78, 5) is 7.61. The van der Waals surface area contributed by atoms with Crippen LogP contribution in [0.2, 0.25) is 0 Å². The lowest BCUT2D eigenvalue weighted by molar-refractivity contribution is 0.635.